The highest BCUT2D eigenvalue weighted by molar-refractivity contribution is 5.82. The van der Waals surface area contributed by atoms with Gasteiger partial charge in [0.2, 0.25) is 5.91 Å². The monoisotopic (exact) mass is 346 g/mol. The lowest BCUT2D eigenvalue weighted by Crippen LogP contribution is -2.59. The fourth-order valence-corrected chi connectivity index (χ4v) is 2.34. The lowest BCUT2D eigenvalue weighted by Gasteiger charge is -2.40. The molecule has 10 heteroatoms. The molecule has 0 unspecified atom stereocenters. The summed E-state index contributed by atoms with van der Waals surface area (Å²) in [5.74, 6) is -3.07. The largest absolute Gasteiger partial charge is 0.471 e. The fraction of sp³-hybridized carbons (Fsp3) is 0.692. The Morgan fingerprint density at radius 2 is 1.78 bits per heavy atom. The smallest absolute Gasteiger partial charge is 0.344 e. The number of hydrogen-bond donors (Lipinski definition) is 1. The lowest BCUT2D eigenvalue weighted by molar-refractivity contribution is -0.198. The van der Waals surface area contributed by atoms with Crippen molar-refractivity contribution in [1.29, 1.82) is 0 Å². The first-order valence-corrected chi connectivity index (χ1v) is 6.81. The van der Waals surface area contributed by atoms with Crippen LogP contribution in [0, 0.1) is 0 Å². The van der Waals surface area contributed by atoms with E-state index in [1.54, 1.807) is 5.32 Å². The van der Waals surface area contributed by atoms with Crippen LogP contribution in [0.5, 0.6) is 0 Å². The number of hydrogen-bond acceptors (Lipinski definition) is 2. The van der Waals surface area contributed by atoms with Gasteiger partial charge >= 0.3 is 18.3 Å². The average Bonchev–Trinajstić information content (AvgIpc) is 2.42. The standard InChI is InChI=1S/C13H16F6N2O2/c1-2-3-4-10(22)21-7-8(20-11(23)13(17,18)19)5-6-9(21)12(14,15)16/h2,8-9H,1,3-7H2,(H,20,23)/t8-,9-/m0/s1. The van der Waals surface area contributed by atoms with Crippen LogP contribution in [0.2, 0.25) is 0 Å². The summed E-state index contributed by atoms with van der Waals surface area (Å²) in [6.07, 6.45) is -9.38. The molecule has 1 aliphatic heterocycles. The number of carbonyl (C=O) groups excluding carboxylic acids is 2. The van der Waals surface area contributed by atoms with Gasteiger partial charge in [-0.25, -0.2) is 0 Å². The highest BCUT2D eigenvalue weighted by Gasteiger charge is 2.49. The molecule has 1 fully saturated rings. The molecule has 23 heavy (non-hydrogen) atoms. The minimum absolute atomic E-state index is 0.152. The number of nitrogens with one attached hydrogen (secondary N) is 1. The summed E-state index contributed by atoms with van der Waals surface area (Å²) in [5.41, 5.74) is 0. The first-order chi connectivity index (χ1) is 10.5. The van der Waals surface area contributed by atoms with Gasteiger partial charge in [0.15, 0.2) is 0 Å². The molecule has 1 aliphatic rings. The summed E-state index contributed by atoms with van der Waals surface area (Å²) < 4.78 is 75.5. The molecule has 0 radical (unpaired) electrons. The number of halogens is 6. The minimum atomic E-state index is -5.13. The van der Waals surface area contributed by atoms with Gasteiger partial charge in [-0.2, -0.15) is 26.3 Å². The Morgan fingerprint density at radius 3 is 2.26 bits per heavy atom. The second-order valence-electron chi connectivity index (χ2n) is 5.18. The maximum absolute atomic E-state index is 13.0. The first-order valence-electron chi connectivity index (χ1n) is 6.81. The van der Waals surface area contributed by atoms with Crippen LogP contribution in [-0.4, -0.2) is 47.7 Å². The normalized spacial score (nSPS) is 22.6. The molecule has 0 bridgehead atoms. The van der Waals surface area contributed by atoms with Crippen LogP contribution in [0.1, 0.15) is 25.7 Å². The van der Waals surface area contributed by atoms with Gasteiger partial charge in [-0.1, -0.05) is 6.08 Å². The molecule has 2 amide bonds. The molecule has 0 spiro atoms. The third kappa shape index (κ3) is 5.43. The SMILES string of the molecule is C=CCCC(=O)N1C[C@@H](NC(=O)C(F)(F)F)CC[C@H]1C(F)(F)F. The van der Waals surface area contributed by atoms with Crippen molar-refractivity contribution in [1.82, 2.24) is 10.2 Å². The zero-order valence-electron chi connectivity index (χ0n) is 12.0. The first kappa shape index (κ1) is 19.3. The van der Waals surface area contributed by atoms with Crippen LogP contribution in [0.25, 0.3) is 0 Å². The van der Waals surface area contributed by atoms with E-state index in [0.29, 0.717) is 4.90 Å². The van der Waals surface area contributed by atoms with E-state index in [1.165, 1.54) is 6.08 Å². The number of nitrogens with zero attached hydrogens (tertiary/aromatic N) is 1. The molecule has 1 rings (SSSR count). The second kappa shape index (κ2) is 7.22. The molecular weight excluding hydrogens is 330 g/mol. The molecule has 0 aromatic heterocycles. The van der Waals surface area contributed by atoms with Crippen LogP contribution < -0.4 is 5.32 Å². The number of amides is 2. The van der Waals surface area contributed by atoms with Crippen molar-refractivity contribution in [3.8, 4) is 0 Å². The van der Waals surface area contributed by atoms with Crippen molar-refractivity contribution >= 4 is 11.8 Å². The lowest BCUT2D eigenvalue weighted by atomic mass is 9.97. The number of alkyl halides is 6. The van der Waals surface area contributed by atoms with E-state index in [2.05, 4.69) is 6.58 Å². The molecule has 132 valence electrons. The Kier molecular flexibility index (Phi) is 6.06. The van der Waals surface area contributed by atoms with Gasteiger partial charge in [-0.15, -0.1) is 6.58 Å². The quantitative estimate of drug-likeness (QED) is 0.628. The summed E-state index contributed by atoms with van der Waals surface area (Å²) in [6, 6.07) is -3.23. The highest BCUT2D eigenvalue weighted by Crippen LogP contribution is 2.32. The van der Waals surface area contributed by atoms with Crippen LogP contribution in [0.4, 0.5) is 26.3 Å². The van der Waals surface area contributed by atoms with E-state index >= 15 is 0 Å². The maximum atomic E-state index is 13.0. The van der Waals surface area contributed by atoms with E-state index in [1.807, 2.05) is 0 Å². The molecule has 1 saturated heterocycles. The molecule has 0 saturated carbocycles. The van der Waals surface area contributed by atoms with E-state index < -0.39 is 49.2 Å². The third-order valence-electron chi connectivity index (χ3n) is 3.44. The van der Waals surface area contributed by atoms with Gasteiger partial charge in [-0.05, 0) is 19.3 Å². The summed E-state index contributed by atoms with van der Waals surface area (Å²) >= 11 is 0. The average molecular weight is 346 g/mol. The van der Waals surface area contributed by atoms with Gasteiger partial charge < -0.3 is 10.2 Å². The molecule has 1 heterocycles. The van der Waals surface area contributed by atoms with Gasteiger partial charge in [0, 0.05) is 19.0 Å². The zero-order chi connectivity index (χ0) is 17.8. The zero-order valence-corrected chi connectivity index (χ0v) is 12.0. The number of piperidine rings is 1. The predicted molar refractivity (Wildman–Crippen MR) is 68.2 cm³/mol. The number of carbonyl (C=O) groups is 2. The van der Waals surface area contributed by atoms with Crippen molar-refractivity contribution in [3.63, 3.8) is 0 Å². The molecule has 4 nitrogen and oxygen atoms in total. The van der Waals surface area contributed by atoms with Gasteiger partial charge in [0.25, 0.3) is 0 Å². The number of likely N-dealkylation sites (tertiary alicyclic amines) is 1. The fourth-order valence-electron chi connectivity index (χ4n) is 2.34. The minimum Gasteiger partial charge on any atom is -0.344 e. The summed E-state index contributed by atoms with van der Waals surface area (Å²) in [4.78, 5) is 23.3. The third-order valence-corrected chi connectivity index (χ3v) is 3.44. The Balaban J connectivity index is 2.83. The van der Waals surface area contributed by atoms with Crippen LogP contribution in [-0.2, 0) is 9.59 Å². The van der Waals surface area contributed by atoms with Gasteiger partial charge in [-0.3, -0.25) is 9.59 Å². The van der Waals surface area contributed by atoms with E-state index in [9.17, 15) is 35.9 Å². The van der Waals surface area contributed by atoms with Crippen molar-refractivity contribution in [2.75, 3.05) is 6.54 Å². The summed E-state index contributed by atoms with van der Waals surface area (Å²) in [5, 5.41) is 1.63. The Labute approximate surface area is 128 Å². The molecule has 0 aromatic rings. The van der Waals surface area contributed by atoms with Crippen molar-refractivity contribution in [2.24, 2.45) is 0 Å². The van der Waals surface area contributed by atoms with E-state index in [0.717, 1.165) is 0 Å². The highest BCUT2D eigenvalue weighted by atomic mass is 19.4. The van der Waals surface area contributed by atoms with Crippen LogP contribution >= 0.6 is 0 Å². The summed E-state index contributed by atoms with van der Waals surface area (Å²) in [6.45, 7) is 2.74. The van der Waals surface area contributed by atoms with E-state index in [4.69, 9.17) is 0 Å². The number of allylic oxidation sites excluding steroid dienone is 1. The van der Waals surface area contributed by atoms with E-state index in [-0.39, 0.29) is 19.3 Å². The molecule has 0 aliphatic carbocycles. The molecular formula is C13H16F6N2O2. The number of rotatable bonds is 4. The van der Waals surface area contributed by atoms with Gasteiger partial charge in [0.1, 0.15) is 6.04 Å². The molecule has 1 N–H and O–H groups in total. The molecule has 2 atom stereocenters. The predicted octanol–water partition coefficient (Wildman–Crippen LogP) is 2.55. The van der Waals surface area contributed by atoms with Crippen molar-refractivity contribution in [2.45, 2.75) is 50.1 Å². The van der Waals surface area contributed by atoms with Gasteiger partial charge in [0.05, 0.1) is 0 Å². The topological polar surface area (TPSA) is 49.4 Å². The van der Waals surface area contributed by atoms with Crippen molar-refractivity contribution in [3.05, 3.63) is 12.7 Å². The molecule has 0 aromatic carbocycles. The van der Waals surface area contributed by atoms with Crippen molar-refractivity contribution < 1.29 is 35.9 Å². The Morgan fingerprint density at radius 1 is 1.17 bits per heavy atom. The summed E-state index contributed by atoms with van der Waals surface area (Å²) in [7, 11) is 0. The second-order valence-corrected chi connectivity index (χ2v) is 5.18. The Hall–Kier alpha value is -1.74. The van der Waals surface area contributed by atoms with Crippen LogP contribution in [0.15, 0.2) is 12.7 Å². The maximum Gasteiger partial charge on any atom is 0.471 e. The van der Waals surface area contributed by atoms with Crippen LogP contribution in [0.3, 0.4) is 0 Å². The Bertz CT molecular complexity index is 460.